The fourth-order valence-electron chi connectivity index (χ4n) is 11.3. The second-order valence-electron chi connectivity index (χ2n) is 18.0. The SMILES string of the molecule is CCCCCCCC/C=C/CCCCCCCC(=O)O[C@H]1CC[C@@]2(C)C(=CC[C@H]3[C@@H]4CC[C@H]([C@H](C)CCCC(C)C)[C@@]4(C)CC[C@@H]32)C1. The molecule has 0 spiro atoms. The van der Waals surface area contributed by atoms with Crippen molar-refractivity contribution in [3.8, 4) is 0 Å². The zero-order chi connectivity index (χ0) is 33.7. The number of carbonyl (C=O) groups is 1. The topological polar surface area (TPSA) is 26.3 Å². The molecule has 8 atom stereocenters. The van der Waals surface area contributed by atoms with E-state index in [0.29, 0.717) is 17.3 Å². The van der Waals surface area contributed by atoms with Crippen LogP contribution in [0.5, 0.6) is 0 Å². The van der Waals surface area contributed by atoms with Gasteiger partial charge in [-0.3, -0.25) is 4.79 Å². The van der Waals surface area contributed by atoms with Gasteiger partial charge in [0.2, 0.25) is 0 Å². The van der Waals surface area contributed by atoms with Crippen LogP contribution in [0.3, 0.4) is 0 Å². The van der Waals surface area contributed by atoms with Gasteiger partial charge in [-0.1, -0.05) is 136 Å². The summed E-state index contributed by atoms with van der Waals surface area (Å²) in [5.74, 6) is 5.31. The van der Waals surface area contributed by atoms with E-state index < -0.39 is 0 Å². The van der Waals surface area contributed by atoms with Gasteiger partial charge in [-0.2, -0.15) is 0 Å². The number of hydrogen-bond acceptors (Lipinski definition) is 2. The van der Waals surface area contributed by atoms with Gasteiger partial charge >= 0.3 is 5.97 Å². The van der Waals surface area contributed by atoms with Crippen molar-refractivity contribution in [3.05, 3.63) is 23.8 Å². The summed E-state index contributed by atoms with van der Waals surface area (Å²) >= 11 is 0. The molecule has 0 aromatic carbocycles. The highest BCUT2D eigenvalue weighted by Crippen LogP contribution is 2.67. The molecule has 270 valence electrons. The summed E-state index contributed by atoms with van der Waals surface area (Å²) in [5, 5.41) is 0. The standard InChI is InChI=1S/C45H78O2/c1-7-8-9-10-11-12-13-14-15-16-17-18-19-20-21-25-43(46)47-38-30-32-44(5)37(34-38)26-27-39-41-29-28-40(36(4)24-22-23-35(2)3)45(41,6)33-31-42(39)44/h14-15,26,35-36,38-42H,7-13,16-25,27-34H2,1-6H3/b15-14+/t36-,38+,39+,40-,41+,42+,44+,45-/m1/s1. The number of rotatable bonds is 21. The summed E-state index contributed by atoms with van der Waals surface area (Å²) in [5.41, 5.74) is 2.53. The number of ether oxygens (including phenoxy) is 1. The summed E-state index contributed by atoms with van der Waals surface area (Å²) < 4.78 is 6.12. The largest absolute Gasteiger partial charge is 0.462 e. The molecule has 0 aromatic heterocycles. The molecule has 0 aromatic rings. The third-order valence-corrected chi connectivity index (χ3v) is 14.2. The van der Waals surface area contributed by atoms with Crippen molar-refractivity contribution >= 4 is 5.97 Å². The average molecular weight is 651 g/mol. The fraction of sp³-hybridized carbons (Fsp3) is 0.889. The van der Waals surface area contributed by atoms with Crippen LogP contribution in [-0.4, -0.2) is 12.1 Å². The second kappa shape index (κ2) is 19.4. The van der Waals surface area contributed by atoms with Gasteiger partial charge in [0, 0.05) is 12.8 Å². The first-order valence-electron chi connectivity index (χ1n) is 21.2. The van der Waals surface area contributed by atoms with E-state index in [0.717, 1.165) is 61.2 Å². The fourth-order valence-corrected chi connectivity index (χ4v) is 11.3. The maximum absolute atomic E-state index is 12.8. The summed E-state index contributed by atoms with van der Waals surface area (Å²) in [7, 11) is 0. The molecule has 0 aliphatic heterocycles. The number of esters is 1. The number of unbranched alkanes of at least 4 members (excludes halogenated alkanes) is 11. The summed E-state index contributed by atoms with van der Waals surface area (Å²) in [4.78, 5) is 12.8. The predicted octanol–water partition coefficient (Wildman–Crippen LogP) is 14.0. The number of allylic oxidation sites excluding steroid dienone is 3. The van der Waals surface area contributed by atoms with Crippen LogP contribution in [0.2, 0.25) is 0 Å². The van der Waals surface area contributed by atoms with Gasteiger partial charge < -0.3 is 4.74 Å². The van der Waals surface area contributed by atoms with E-state index in [-0.39, 0.29) is 12.1 Å². The Hall–Kier alpha value is -1.05. The molecule has 0 unspecified atom stereocenters. The highest BCUT2D eigenvalue weighted by Gasteiger charge is 2.59. The summed E-state index contributed by atoms with van der Waals surface area (Å²) in [6, 6.07) is 0. The van der Waals surface area contributed by atoms with Crippen LogP contribution in [0.15, 0.2) is 23.8 Å². The molecule has 3 saturated carbocycles. The minimum Gasteiger partial charge on any atom is -0.462 e. The molecule has 0 saturated heterocycles. The zero-order valence-electron chi connectivity index (χ0n) is 32.3. The molecule has 4 rings (SSSR count). The molecule has 4 aliphatic rings. The van der Waals surface area contributed by atoms with Crippen molar-refractivity contribution < 1.29 is 9.53 Å². The molecule has 0 amide bonds. The minimum atomic E-state index is 0.0541. The average Bonchev–Trinajstić information content (AvgIpc) is 3.40. The lowest BCUT2D eigenvalue weighted by Gasteiger charge is -2.58. The Morgan fingerprint density at radius 3 is 2.19 bits per heavy atom. The van der Waals surface area contributed by atoms with Crippen molar-refractivity contribution in [1.29, 1.82) is 0 Å². The van der Waals surface area contributed by atoms with E-state index in [4.69, 9.17) is 4.74 Å². The first-order chi connectivity index (χ1) is 22.7. The van der Waals surface area contributed by atoms with E-state index in [1.54, 1.807) is 5.57 Å². The van der Waals surface area contributed by atoms with E-state index in [2.05, 4.69) is 59.8 Å². The van der Waals surface area contributed by atoms with Gasteiger partial charge in [0.1, 0.15) is 6.10 Å². The smallest absolute Gasteiger partial charge is 0.306 e. The van der Waals surface area contributed by atoms with E-state index in [1.165, 1.54) is 128 Å². The molecular weight excluding hydrogens is 572 g/mol. The lowest BCUT2D eigenvalue weighted by atomic mass is 9.47. The Labute approximate surface area is 293 Å². The molecule has 47 heavy (non-hydrogen) atoms. The number of hydrogen-bond donors (Lipinski definition) is 0. The Morgan fingerprint density at radius 2 is 1.49 bits per heavy atom. The summed E-state index contributed by atoms with van der Waals surface area (Å²) in [6.07, 6.45) is 39.5. The van der Waals surface area contributed by atoms with Crippen molar-refractivity contribution in [2.75, 3.05) is 0 Å². The molecule has 0 N–H and O–H groups in total. The maximum Gasteiger partial charge on any atom is 0.306 e. The molecule has 2 nitrogen and oxygen atoms in total. The molecular formula is C45H78O2. The molecule has 4 aliphatic carbocycles. The quantitative estimate of drug-likeness (QED) is 0.0702. The Kier molecular flexibility index (Phi) is 16.0. The third-order valence-electron chi connectivity index (χ3n) is 14.2. The van der Waals surface area contributed by atoms with Crippen LogP contribution >= 0.6 is 0 Å². The van der Waals surface area contributed by atoms with Crippen molar-refractivity contribution in [1.82, 2.24) is 0 Å². The van der Waals surface area contributed by atoms with E-state index in [9.17, 15) is 4.79 Å². The van der Waals surface area contributed by atoms with Gasteiger partial charge in [0.25, 0.3) is 0 Å². The van der Waals surface area contributed by atoms with Gasteiger partial charge in [-0.05, 0) is 123 Å². The molecule has 0 heterocycles. The number of carbonyl (C=O) groups excluding carboxylic acids is 1. The van der Waals surface area contributed by atoms with Gasteiger partial charge in [-0.15, -0.1) is 0 Å². The molecule has 2 heteroatoms. The molecule has 0 bridgehead atoms. The van der Waals surface area contributed by atoms with Crippen LogP contribution in [0.4, 0.5) is 0 Å². The lowest BCUT2D eigenvalue weighted by Crippen LogP contribution is -2.51. The zero-order valence-corrected chi connectivity index (χ0v) is 32.3. The van der Waals surface area contributed by atoms with Gasteiger partial charge in [0.05, 0.1) is 0 Å². The first kappa shape index (κ1) is 38.7. The monoisotopic (exact) mass is 651 g/mol. The van der Waals surface area contributed by atoms with Crippen LogP contribution in [0.1, 0.15) is 202 Å². The van der Waals surface area contributed by atoms with Gasteiger partial charge in [-0.25, -0.2) is 0 Å². The van der Waals surface area contributed by atoms with Gasteiger partial charge in [0.15, 0.2) is 0 Å². The minimum absolute atomic E-state index is 0.0541. The number of fused-ring (bicyclic) bond motifs is 5. The second-order valence-corrected chi connectivity index (χ2v) is 18.0. The van der Waals surface area contributed by atoms with Crippen molar-refractivity contribution in [3.63, 3.8) is 0 Å². The van der Waals surface area contributed by atoms with Crippen LogP contribution in [0, 0.1) is 46.3 Å². The van der Waals surface area contributed by atoms with Crippen LogP contribution < -0.4 is 0 Å². The molecule has 0 radical (unpaired) electrons. The van der Waals surface area contributed by atoms with E-state index in [1.807, 2.05) is 0 Å². The first-order valence-corrected chi connectivity index (χ1v) is 21.2. The molecule has 3 fully saturated rings. The highest BCUT2D eigenvalue weighted by atomic mass is 16.5. The van der Waals surface area contributed by atoms with Crippen LogP contribution in [-0.2, 0) is 9.53 Å². The van der Waals surface area contributed by atoms with E-state index >= 15 is 0 Å². The normalized spacial score (nSPS) is 32.6. The third kappa shape index (κ3) is 10.7. The maximum atomic E-state index is 12.8. The van der Waals surface area contributed by atoms with Crippen molar-refractivity contribution in [2.24, 2.45) is 46.3 Å². The Balaban J connectivity index is 1.12. The highest BCUT2D eigenvalue weighted by molar-refractivity contribution is 5.69. The lowest BCUT2D eigenvalue weighted by molar-refractivity contribution is -0.151. The van der Waals surface area contributed by atoms with Crippen LogP contribution in [0.25, 0.3) is 0 Å². The Morgan fingerprint density at radius 1 is 0.809 bits per heavy atom. The predicted molar refractivity (Wildman–Crippen MR) is 202 cm³/mol. The van der Waals surface area contributed by atoms with Crippen molar-refractivity contribution in [2.45, 2.75) is 208 Å². The Bertz CT molecular complexity index is 976. The summed E-state index contributed by atoms with van der Waals surface area (Å²) in [6.45, 7) is 14.9.